The van der Waals surface area contributed by atoms with Crippen molar-refractivity contribution in [2.24, 2.45) is 0 Å². The van der Waals surface area contributed by atoms with Crippen LogP contribution in [0, 0.1) is 4.78 Å². The maximum absolute atomic E-state index is 12.9. The quantitative estimate of drug-likeness (QED) is 0.476. The van der Waals surface area contributed by atoms with Crippen LogP contribution in [0.15, 0.2) is 76.2 Å². The van der Waals surface area contributed by atoms with Crippen molar-refractivity contribution in [1.82, 2.24) is 9.88 Å². The third-order valence-corrected chi connectivity index (χ3v) is 6.89. The summed E-state index contributed by atoms with van der Waals surface area (Å²) in [5.41, 5.74) is 4.49. The predicted molar refractivity (Wildman–Crippen MR) is 127 cm³/mol. The number of benzene rings is 2. The lowest BCUT2D eigenvalue weighted by atomic mass is 10.0. The number of rotatable bonds is 4. The molecule has 7 nitrogen and oxygen atoms in total. The van der Waals surface area contributed by atoms with Crippen LogP contribution in [0.4, 0.5) is 0 Å². The Labute approximate surface area is 192 Å². The topological polar surface area (TPSA) is 96.5 Å². The average Bonchev–Trinajstić information content (AvgIpc) is 3.28. The van der Waals surface area contributed by atoms with Gasteiger partial charge in [-0.1, -0.05) is 24.3 Å². The first kappa shape index (κ1) is 21.4. The number of amides is 1. The number of aromatic nitrogens is 1. The lowest BCUT2D eigenvalue weighted by Crippen LogP contribution is -2.40. The van der Waals surface area contributed by atoms with E-state index >= 15 is 0 Å². The van der Waals surface area contributed by atoms with E-state index in [4.69, 9.17) is 13.9 Å². The summed E-state index contributed by atoms with van der Waals surface area (Å²) >= 11 is 0. The number of hydrogen-bond donors (Lipinski definition) is 1. The van der Waals surface area contributed by atoms with Gasteiger partial charge < -0.3 is 14.1 Å². The van der Waals surface area contributed by atoms with Gasteiger partial charge >= 0.3 is 0 Å². The highest BCUT2D eigenvalue weighted by Gasteiger charge is 2.20. The monoisotopic (exact) mass is 461 g/mol. The summed E-state index contributed by atoms with van der Waals surface area (Å²) < 4.78 is 31.2. The second kappa shape index (κ2) is 8.46. The van der Waals surface area contributed by atoms with Crippen LogP contribution in [-0.2, 0) is 14.5 Å². The lowest BCUT2D eigenvalue weighted by molar-refractivity contribution is 0.0303. The number of furan rings is 1. The minimum Gasteiger partial charge on any atom is -0.454 e. The van der Waals surface area contributed by atoms with Crippen LogP contribution >= 0.6 is 0 Å². The molecular weight excluding hydrogens is 438 g/mol. The summed E-state index contributed by atoms with van der Waals surface area (Å²) in [6.45, 7) is 2.31. The van der Waals surface area contributed by atoms with Gasteiger partial charge in [-0.2, -0.15) is 0 Å². The Kier molecular flexibility index (Phi) is 5.47. The smallest absolute Gasteiger partial charge is 0.254 e. The maximum atomic E-state index is 12.9. The van der Waals surface area contributed by atoms with Gasteiger partial charge in [0.1, 0.15) is 11.3 Å². The first-order valence-corrected chi connectivity index (χ1v) is 12.6. The Morgan fingerprint density at radius 1 is 1.03 bits per heavy atom. The number of pyridine rings is 1. The summed E-state index contributed by atoms with van der Waals surface area (Å²) in [5.74, 6) is 0.622. The molecule has 168 valence electrons. The first-order chi connectivity index (χ1) is 15.9. The van der Waals surface area contributed by atoms with Gasteiger partial charge in [0.2, 0.25) is 0 Å². The second-order valence-electron chi connectivity index (χ2n) is 8.04. The fourth-order valence-electron chi connectivity index (χ4n) is 3.96. The standard InChI is InChI=1S/C25H23N3O4S/c1-33(26,30)20-7-5-17(6-8-20)23-16-22-24(32-23)21(9-10-27-22)18-3-2-4-19(15-18)25(29)28-11-13-31-14-12-28/h2-10,15-16,26H,11-14H2,1H3. The molecule has 3 heterocycles. The molecule has 1 N–H and O–H groups in total. The highest BCUT2D eigenvalue weighted by molar-refractivity contribution is 7.91. The van der Waals surface area contributed by atoms with E-state index in [2.05, 4.69) is 4.98 Å². The van der Waals surface area contributed by atoms with Crippen molar-refractivity contribution in [3.8, 4) is 22.5 Å². The SMILES string of the molecule is CS(=N)(=O)c1ccc(-c2cc3nccc(-c4cccc(C(=O)N5CCOCC5)c4)c3o2)cc1. The molecule has 1 unspecified atom stereocenters. The molecule has 1 saturated heterocycles. The number of ether oxygens (including phenoxy) is 1. The molecular formula is C25H23N3O4S. The van der Waals surface area contributed by atoms with Gasteiger partial charge in [0.25, 0.3) is 5.91 Å². The number of morpholine rings is 1. The Morgan fingerprint density at radius 2 is 1.79 bits per heavy atom. The number of carbonyl (C=O) groups excluding carboxylic acids is 1. The molecule has 8 heteroatoms. The zero-order valence-electron chi connectivity index (χ0n) is 18.1. The minimum absolute atomic E-state index is 0.00688. The molecule has 5 rings (SSSR count). The van der Waals surface area contributed by atoms with Crippen LogP contribution in [0.3, 0.4) is 0 Å². The lowest BCUT2D eigenvalue weighted by Gasteiger charge is -2.27. The van der Waals surface area contributed by atoms with Crippen molar-refractivity contribution in [2.75, 3.05) is 32.6 Å². The fraction of sp³-hybridized carbons (Fsp3) is 0.200. The summed E-state index contributed by atoms with van der Waals surface area (Å²) in [4.78, 5) is 19.7. The van der Waals surface area contributed by atoms with E-state index in [1.54, 1.807) is 30.5 Å². The van der Waals surface area contributed by atoms with E-state index in [1.165, 1.54) is 6.26 Å². The van der Waals surface area contributed by atoms with Gasteiger partial charge in [-0.15, -0.1) is 0 Å². The van der Waals surface area contributed by atoms with Crippen molar-refractivity contribution in [2.45, 2.75) is 4.90 Å². The van der Waals surface area contributed by atoms with Crippen LogP contribution in [0.25, 0.3) is 33.6 Å². The van der Waals surface area contributed by atoms with Gasteiger partial charge in [-0.05, 0) is 35.9 Å². The molecule has 0 bridgehead atoms. The highest BCUT2D eigenvalue weighted by Crippen LogP contribution is 2.34. The summed E-state index contributed by atoms with van der Waals surface area (Å²) in [5, 5.41) is 0. The molecule has 0 aliphatic carbocycles. The predicted octanol–water partition coefficient (Wildman–Crippen LogP) is 4.67. The van der Waals surface area contributed by atoms with Gasteiger partial charge in [-0.25, -0.2) is 8.99 Å². The summed E-state index contributed by atoms with van der Waals surface area (Å²) in [7, 11) is -2.77. The summed E-state index contributed by atoms with van der Waals surface area (Å²) in [6, 6.07) is 18.2. The summed E-state index contributed by atoms with van der Waals surface area (Å²) in [6.07, 6.45) is 3.13. The number of carbonyl (C=O) groups is 1. The largest absolute Gasteiger partial charge is 0.454 e. The minimum atomic E-state index is -2.77. The third-order valence-electron chi connectivity index (χ3n) is 5.72. The Balaban J connectivity index is 1.51. The number of hydrogen-bond acceptors (Lipinski definition) is 6. The van der Waals surface area contributed by atoms with E-state index in [9.17, 15) is 9.00 Å². The van der Waals surface area contributed by atoms with Gasteiger partial charge in [0.05, 0.1) is 22.9 Å². The normalized spacial score (nSPS) is 16.0. The van der Waals surface area contributed by atoms with Crippen molar-refractivity contribution < 1.29 is 18.2 Å². The molecule has 1 aliphatic rings. The van der Waals surface area contributed by atoms with Crippen LogP contribution in [0.1, 0.15) is 10.4 Å². The molecule has 33 heavy (non-hydrogen) atoms. The Morgan fingerprint density at radius 3 is 2.52 bits per heavy atom. The Bertz CT molecular complexity index is 1440. The van der Waals surface area contributed by atoms with Crippen molar-refractivity contribution in [3.63, 3.8) is 0 Å². The molecule has 0 radical (unpaired) electrons. The van der Waals surface area contributed by atoms with Gasteiger partial charge in [0.15, 0.2) is 5.58 Å². The average molecular weight is 462 g/mol. The van der Waals surface area contributed by atoms with Crippen molar-refractivity contribution in [3.05, 3.63) is 72.4 Å². The van der Waals surface area contributed by atoms with Crippen molar-refractivity contribution >= 4 is 26.7 Å². The zero-order chi connectivity index (χ0) is 23.0. The van der Waals surface area contributed by atoms with Crippen LogP contribution in [0.5, 0.6) is 0 Å². The van der Waals surface area contributed by atoms with E-state index in [-0.39, 0.29) is 5.91 Å². The Hall–Kier alpha value is -3.49. The van der Waals surface area contributed by atoms with Crippen LogP contribution in [0.2, 0.25) is 0 Å². The van der Waals surface area contributed by atoms with Gasteiger partial charge in [0, 0.05) is 53.2 Å². The van der Waals surface area contributed by atoms with E-state index < -0.39 is 9.73 Å². The van der Waals surface area contributed by atoms with E-state index in [1.807, 2.05) is 41.3 Å². The maximum Gasteiger partial charge on any atom is 0.254 e. The number of nitrogens with zero attached hydrogens (tertiary/aromatic N) is 2. The van der Waals surface area contributed by atoms with E-state index in [0.29, 0.717) is 53.6 Å². The fourth-order valence-corrected chi connectivity index (χ4v) is 4.61. The third kappa shape index (κ3) is 4.27. The molecule has 0 saturated carbocycles. The molecule has 1 amide bonds. The molecule has 1 aliphatic heterocycles. The highest BCUT2D eigenvalue weighted by atomic mass is 32.2. The number of nitrogens with one attached hydrogen (secondary N) is 1. The number of fused-ring (bicyclic) bond motifs is 1. The zero-order valence-corrected chi connectivity index (χ0v) is 18.9. The second-order valence-corrected chi connectivity index (χ2v) is 10.2. The molecule has 1 atom stereocenters. The van der Waals surface area contributed by atoms with E-state index in [0.717, 1.165) is 16.7 Å². The molecule has 2 aromatic heterocycles. The van der Waals surface area contributed by atoms with Crippen molar-refractivity contribution in [1.29, 1.82) is 4.78 Å². The van der Waals surface area contributed by atoms with Crippen LogP contribution in [-0.4, -0.2) is 52.6 Å². The first-order valence-electron chi connectivity index (χ1n) is 10.6. The van der Waals surface area contributed by atoms with Gasteiger partial charge in [-0.3, -0.25) is 9.78 Å². The molecule has 4 aromatic rings. The molecule has 0 spiro atoms. The molecule has 1 fully saturated rings. The molecule has 2 aromatic carbocycles. The van der Waals surface area contributed by atoms with Crippen LogP contribution < -0.4 is 0 Å².